The summed E-state index contributed by atoms with van der Waals surface area (Å²) in [4.78, 5) is 0. The van der Waals surface area contributed by atoms with E-state index >= 15 is 0 Å². The highest BCUT2D eigenvalue weighted by molar-refractivity contribution is 7.89. The number of hydrogen-bond donors (Lipinski definition) is 1. The van der Waals surface area contributed by atoms with Gasteiger partial charge in [0.15, 0.2) is 0 Å². The molecular weight excluding hydrogens is 174 g/mol. The summed E-state index contributed by atoms with van der Waals surface area (Å²) in [6.45, 7) is 4.00. The predicted molar refractivity (Wildman–Crippen MR) is 48.9 cm³/mol. The van der Waals surface area contributed by atoms with Gasteiger partial charge in [0, 0.05) is 0 Å². The van der Waals surface area contributed by atoms with E-state index in [1.165, 1.54) is 0 Å². The molecule has 1 fully saturated rings. The summed E-state index contributed by atoms with van der Waals surface area (Å²) in [6.07, 6.45) is 4.02. The van der Waals surface area contributed by atoms with Gasteiger partial charge in [0.25, 0.3) is 0 Å². The first-order chi connectivity index (χ1) is 5.45. The summed E-state index contributed by atoms with van der Waals surface area (Å²) in [7, 11) is -3.28. The minimum Gasteiger partial charge on any atom is -0.229 e. The summed E-state index contributed by atoms with van der Waals surface area (Å²) in [5, 5.41) is 4.95. The third-order valence-electron chi connectivity index (χ3n) is 2.48. The Morgan fingerprint density at radius 3 is 2.50 bits per heavy atom. The van der Waals surface area contributed by atoms with Crippen molar-refractivity contribution in [2.45, 2.75) is 13.8 Å². The minimum atomic E-state index is -3.28. The fraction of sp³-hybridized carbons (Fsp3) is 0.750. The van der Waals surface area contributed by atoms with Crippen LogP contribution in [0.25, 0.3) is 0 Å². The van der Waals surface area contributed by atoms with Crippen molar-refractivity contribution in [2.24, 2.45) is 22.9 Å². The molecule has 0 heterocycles. The highest BCUT2D eigenvalue weighted by Crippen LogP contribution is 2.47. The summed E-state index contributed by atoms with van der Waals surface area (Å²) in [6, 6.07) is 0. The average molecular weight is 189 g/mol. The van der Waals surface area contributed by atoms with Crippen LogP contribution in [0.15, 0.2) is 12.2 Å². The maximum atomic E-state index is 10.7. The van der Waals surface area contributed by atoms with Gasteiger partial charge in [-0.05, 0) is 24.7 Å². The summed E-state index contributed by atoms with van der Waals surface area (Å²) >= 11 is 0. The molecule has 1 rings (SSSR count). The molecule has 0 radical (unpaired) electrons. The highest BCUT2D eigenvalue weighted by Gasteiger charge is 2.46. The average Bonchev–Trinajstić information content (AvgIpc) is 2.43. The van der Waals surface area contributed by atoms with Crippen LogP contribution in [-0.4, -0.2) is 14.2 Å². The van der Waals surface area contributed by atoms with E-state index in [1.807, 2.05) is 13.0 Å². The van der Waals surface area contributed by atoms with Crippen LogP contribution in [0.5, 0.6) is 0 Å². The molecule has 70 valence electrons. The third-order valence-corrected chi connectivity index (χ3v) is 3.32. The maximum Gasteiger partial charge on any atom is 0.209 e. The van der Waals surface area contributed by atoms with Gasteiger partial charge in [0.05, 0.1) is 5.75 Å². The van der Waals surface area contributed by atoms with Gasteiger partial charge in [-0.1, -0.05) is 19.1 Å². The van der Waals surface area contributed by atoms with Gasteiger partial charge in [-0.2, -0.15) is 0 Å². The van der Waals surface area contributed by atoms with Crippen LogP contribution >= 0.6 is 0 Å². The summed E-state index contributed by atoms with van der Waals surface area (Å²) in [5.74, 6) is 1.27. The van der Waals surface area contributed by atoms with Gasteiger partial charge in [-0.25, -0.2) is 13.6 Å². The first kappa shape index (κ1) is 9.74. The van der Waals surface area contributed by atoms with Gasteiger partial charge in [0.2, 0.25) is 10.0 Å². The molecule has 0 unspecified atom stereocenters. The van der Waals surface area contributed by atoms with Crippen LogP contribution in [0.3, 0.4) is 0 Å². The van der Waals surface area contributed by atoms with Crippen molar-refractivity contribution in [3.8, 4) is 0 Å². The summed E-state index contributed by atoms with van der Waals surface area (Å²) in [5.41, 5.74) is 0. The molecule has 0 aromatic rings. The van der Waals surface area contributed by atoms with E-state index in [2.05, 4.69) is 13.0 Å². The van der Waals surface area contributed by atoms with Gasteiger partial charge >= 0.3 is 0 Å². The van der Waals surface area contributed by atoms with E-state index < -0.39 is 10.0 Å². The van der Waals surface area contributed by atoms with Gasteiger partial charge in [-0.3, -0.25) is 0 Å². The Morgan fingerprint density at radius 2 is 2.08 bits per heavy atom. The Kier molecular flexibility index (Phi) is 2.58. The molecule has 3 nitrogen and oxygen atoms in total. The lowest BCUT2D eigenvalue weighted by Gasteiger charge is -1.93. The van der Waals surface area contributed by atoms with Crippen molar-refractivity contribution >= 4 is 10.0 Å². The Hall–Kier alpha value is -0.350. The molecule has 3 atom stereocenters. The van der Waals surface area contributed by atoms with E-state index in [1.54, 1.807) is 0 Å². The molecule has 0 aromatic heterocycles. The summed E-state index contributed by atoms with van der Waals surface area (Å²) < 4.78 is 21.5. The van der Waals surface area contributed by atoms with Crippen LogP contribution in [0.4, 0.5) is 0 Å². The van der Waals surface area contributed by atoms with Crippen LogP contribution in [0.2, 0.25) is 0 Å². The number of hydrogen-bond acceptors (Lipinski definition) is 2. The zero-order valence-corrected chi connectivity index (χ0v) is 8.21. The molecule has 1 aliphatic carbocycles. The van der Waals surface area contributed by atoms with E-state index in [4.69, 9.17) is 5.14 Å². The Morgan fingerprint density at radius 1 is 1.50 bits per heavy atom. The lowest BCUT2D eigenvalue weighted by Crippen LogP contribution is -2.18. The molecule has 12 heavy (non-hydrogen) atoms. The zero-order valence-electron chi connectivity index (χ0n) is 7.40. The third kappa shape index (κ3) is 2.32. The van der Waals surface area contributed by atoms with E-state index in [0.29, 0.717) is 11.8 Å². The predicted octanol–water partition coefficient (Wildman–Crippen LogP) is 0.733. The molecular formula is C8H15NO2S. The highest BCUT2D eigenvalue weighted by atomic mass is 32.2. The number of rotatable bonds is 3. The second kappa shape index (κ2) is 3.18. The second-order valence-corrected chi connectivity index (χ2v) is 5.11. The first-order valence-corrected chi connectivity index (χ1v) is 5.80. The van der Waals surface area contributed by atoms with Gasteiger partial charge < -0.3 is 0 Å². The smallest absolute Gasteiger partial charge is 0.209 e. The molecule has 0 amide bonds. The first-order valence-electron chi connectivity index (χ1n) is 4.09. The van der Waals surface area contributed by atoms with Crippen molar-refractivity contribution in [3.63, 3.8) is 0 Å². The number of allylic oxidation sites excluding steroid dienone is 2. The lowest BCUT2D eigenvalue weighted by atomic mass is 10.3. The molecule has 1 saturated carbocycles. The zero-order chi connectivity index (χ0) is 9.35. The number of nitrogens with two attached hydrogens (primary N) is 1. The molecule has 0 bridgehead atoms. The maximum absolute atomic E-state index is 10.7. The van der Waals surface area contributed by atoms with Crippen molar-refractivity contribution < 1.29 is 8.42 Å². The van der Waals surface area contributed by atoms with Crippen LogP contribution < -0.4 is 5.14 Å². The normalized spacial score (nSPS) is 35.8. The molecule has 4 heteroatoms. The second-order valence-electron chi connectivity index (χ2n) is 3.46. The Balaban J connectivity index is 2.49. The molecule has 2 N–H and O–H groups in total. The minimum absolute atomic E-state index is 0.128. The van der Waals surface area contributed by atoms with Crippen LogP contribution in [0.1, 0.15) is 13.8 Å². The van der Waals surface area contributed by atoms with E-state index in [0.717, 1.165) is 0 Å². The SMILES string of the molecule is C/C=C/[C@H]1[C@@H](C)[C@H]1CS(N)(=O)=O. The van der Waals surface area contributed by atoms with Gasteiger partial charge in [-0.15, -0.1) is 0 Å². The van der Waals surface area contributed by atoms with Crippen LogP contribution in [0, 0.1) is 17.8 Å². The largest absolute Gasteiger partial charge is 0.229 e. The van der Waals surface area contributed by atoms with E-state index in [-0.39, 0.29) is 11.7 Å². The quantitative estimate of drug-likeness (QED) is 0.665. The molecule has 0 aromatic carbocycles. The standard InChI is InChI=1S/C8H15NO2S/c1-3-4-7-6(2)8(7)5-12(9,10)11/h3-4,6-8H,5H2,1-2H3,(H2,9,10,11)/b4-3+/t6-,7+,8-/m1/s1. The Bertz CT molecular complexity index is 281. The molecule has 0 spiro atoms. The molecule has 1 aliphatic rings. The van der Waals surface area contributed by atoms with E-state index in [9.17, 15) is 8.42 Å². The molecule has 0 aliphatic heterocycles. The van der Waals surface area contributed by atoms with Crippen LogP contribution in [-0.2, 0) is 10.0 Å². The number of sulfonamides is 1. The van der Waals surface area contributed by atoms with Crippen molar-refractivity contribution in [1.82, 2.24) is 0 Å². The monoisotopic (exact) mass is 189 g/mol. The molecule has 0 saturated heterocycles. The lowest BCUT2D eigenvalue weighted by molar-refractivity contribution is 0.591. The topological polar surface area (TPSA) is 60.2 Å². The van der Waals surface area contributed by atoms with Crippen molar-refractivity contribution in [3.05, 3.63) is 12.2 Å². The van der Waals surface area contributed by atoms with Crippen molar-refractivity contribution in [2.75, 3.05) is 5.75 Å². The number of primary sulfonamides is 1. The van der Waals surface area contributed by atoms with Crippen molar-refractivity contribution in [1.29, 1.82) is 0 Å². The fourth-order valence-corrected chi connectivity index (χ4v) is 2.71. The Labute approximate surface area is 73.7 Å². The fourth-order valence-electron chi connectivity index (χ4n) is 1.65. The van der Waals surface area contributed by atoms with Gasteiger partial charge in [0.1, 0.15) is 0 Å².